The van der Waals surface area contributed by atoms with E-state index in [4.69, 9.17) is 4.74 Å². The Kier molecular flexibility index (Phi) is 7.11. The van der Waals surface area contributed by atoms with Gasteiger partial charge < -0.3 is 10.1 Å². The van der Waals surface area contributed by atoms with Gasteiger partial charge in [-0.25, -0.2) is 13.4 Å². The van der Waals surface area contributed by atoms with Crippen LogP contribution in [0.5, 0.6) is 5.75 Å². The summed E-state index contributed by atoms with van der Waals surface area (Å²) in [6, 6.07) is 14.0. The fraction of sp³-hybridized carbons (Fsp3) is 0.333. The Bertz CT molecular complexity index is 1210. The topological polar surface area (TPSA) is 88.6 Å². The van der Waals surface area contributed by atoms with Crippen LogP contribution in [-0.2, 0) is 21.2 Å². The SMILES string of the molecule is COc1ccc(-c2nc(CC(=O)Nc3ccc(S(=O)(=O)N4CCCC(C)C4)cc3)cs2)cc1. The molecule has 1 atom stereocenters. The van der Waals surface area contributed by atoms with Gasteiger partial charge in [0.2, 0.25) is 15.9 Å². The molecule has 1 saturated heterocycles. The Morgan fingerprint density at radius 1 is 1.18 bits per heavy atom. The fourth-order valence-electron chi connectivity index (χ4n) is 3.85. The molecular weight excluding hydrogens is 458 g/mol. The minimum Gasteiger partial charge on any atom is -0.497 e. The number of thiazole rings is 1. The van der Waals surface area contributed by atoms with Crippen molar-refractivity contribution in [2.45, 2.75) is 31.1 Å². The van der Waals surface area contributed by atoms with Crippen LogP contribution in [-0.4, -0.2) is 43.8 Å². The van der Waals surface area contributed by atoms with Crippen molar-refractivity contribution < 1.29 is 17.9 Å². The molecule has 0 spiro atoms. The average Bonchev–Trinajstić information content (AvgIpc) is 3.27. The van der Waals surface area contributed by atoms with Gasteiger partial charge in [0, 0.05) is 29.7 Å². The maximum atomic E-state index is 12.9. The van der Waals surface area contributed by atoms with Gasteiger partial charge in [0.15, 0.2) is 0 Å². The molecule has 0 aliphatic carbocycles. The first kappa shape index (κ1) is 23.4. The third-order valence-electron chi connectivity index (χ3n) is 5.63. The lowest BCUT2D eigenvalue weighted by molar-refractivity contribution is -0.115. The van der Waals surface area contributed by atoms with E-state index in [2.05, 4.69) is 17.2 Å². The third-order valence-corrected chi connectivity index (χ3v) is 8.45. The second-order valence-electron chi connectivity index (χ2n) is 8.23. The van der Waals surface area contributed by atoms with E-state index in [0.717, 1.165) is 29.2 Å². The summed E-state index contributed by atoms with van der Waals surface area (Å²) in [6.45, 7) is 3.17. The number of anilines is 1. The molecule has 2 heterocycles. The predicted molar refractivity (Wildman–Crippen MR) is 130 cm³/mol. The van der Waals surface area contributed by atoms with Crippen molar-refractivity contribution in [1.82, 2.24) is 9.29 Å². The van der Waals surface area contributed by atoms with Crippen LogP contribution in [0.2, 0.25) is 0 Å². The van der Waals surface area contributed by atoms with Gasteiger partial charge in [0.1, 0.15) is 10.8 Å². The van der Waals surface area contributed by atoms with Crippen LogP contribution >= 0.6 is 11.3 Å². The Morgan fingerprint density at radius 3 is 2.58 bits per heavy atom. The summed E-state index contributed by atoms with van der Waals surface area (Å²) in [5.74, 6) is 0.935. The number of piperidine rings is 1. The zero-order valence-corrected chi connectivity index (χ0v) is 20.3. The van der Waals surface area contributed by atoms with Crippen molar-refractivity contribution in [1.29, 1.82) is 0 Å². The Hall–Kier alpha value is -2.75. The van der Waals surface area contributed by atoms with E-state index in [1.807, 2.05) is 29.6 Å². The van der Waals surface area contributed by atoms with Gasteiger partial charge in [0.25, 0.3) is 0 Å². The van der Waals surface area contributed by atoms with Crippen LogP contribution in [0.3, 0.4) is 0 Å². The minimum absolute atomic E-state index is 0.137. The number of nitrogens with zero attached hydrogens (tertiary/aromatic N) is 2. The van der Waals surface area contributed by atoms with Gasteiger partial charge >= 0.3 is 0 Å². The van der Waals surface area contributed by atoms with Crippen molar-refractivity contribution in [2.24, 2.45) is 5.92 Å². The molecule has 0 radical (unpaired) electrons. The van der Waals surface area contributed by atoms with Gasteiger partial charge in [-0.15, -0.1) is 11.3 Å². The van der Waals surface area contributed by atoms with E-state index in [-0.39, 0.29) is 17.2 Å². The first-order valence-corrected chi connectivity index (χ1v) is 13.2. The third kappa shape index (κ3) is 5.61. The molecule has 1 aromatic heterocycles. The van der Waals surface area contributed by atoms with E-state index >= 15 is 0 Å². The first-order valence-electron chi connectivity index (χ1n) is 10.8. The summed E-state index contributed by atoms with van der Waals surface area (Å²) in [5.41, 5.74) is 2.20. The number of hydrogen-bond acceptors (Lipinski definition) is 6. The number of sulfonamides is 1. The lowest BCUT2D eigenvalue weighted by Gasteiger charge is -2.30. The van der Waals surface area contributed by atoms with Crippen LogP contribution in [0, 0.1) is 5.92 Å². The maximum Gasteiger partial charge on any atom is 0.243 e. The molecule has 1 amide bonds. The van der Waals surface area contributed by atoms with E-state index in [1.165, 1.54) is 11.3 Å². The van der Waals surface area contributed by atoms with Gasteiger partial charge in [-0.2, -0.15) is 4.31 Å². The number of benzene rings is 2. The lowest BCUT2D eigenvalue weighted by atomic mass is 10.0. The van der Waals surface area contributed by atoms with E-state index in [9.17, 15) is 13.2 Å². The van der Waals surface area contributed by atoms with Crippen LogP contribution in [0.1, 0.15) is 25.5 Å². The van der Waals surface area contributed by atoms with Crippen molar-refractivity contribution in [3.63, 3.8) is 0 Å². The molecule has 174 valence electrons. The number of nitrogens with one attached hydrogen (secondary N) is 1. The van der Waals surface area contributed by atoms with Gasteiger partial charge in [-0.3, -0.25) is 4.79 Å². The van der Waals surface area contributed by atoms with Crippen LogP contribution in [0.25, 0.3) is 10.6 Å². The highest BCUT2D eigenvalue weighted by molar-refractivity contribution is 7.89. The number of hydrogen-bond donors (Lipinski definition) is 1. The highest BCUT2D eigenvalue weighted by atomic mass is 32.2. The van der Waals surface area contributed by atoms with E-state index in [1.54, 1.807) is 35.7 Å². The molecule has 0 saturated carbocycles. The molecule has 33 heavy (non-hydrogen) atoms. The summed E-state index contributed by atoms with van der Waals surface area (Å²) in [7, 11) is -1.89. The number of rotatable bonds is 7. The zero-order chi connectivity index (χ0) is 23.4. The molecule has 1 aliphatic heterocycles. The Labute approximate surface area is 198 Å². The zero-order valence-electron chi connectivity index (χ0n) is 18.7. The van der Waals surface area contributed by atoms with Crippen LogP contribution < -0.4 is 10.1 Å². The molecule has 1 unspecified atom stereocenters. The number of carbonyl (C=O) groups excluding carboxylic acids is 1. The average molecular weight is 486 g/mol. The van der Waals surface area contributed by atoms with E-state index < -0.39 is 10.0 Å². The van der Waals surface area contributed by atoms with Crippen molar-refractivity contribution in [3.05, 3.63) is 59.6 Å². The highest BCUT2D eigenvalue weighted by Crippen LogP contribution is 2.27. The first-order chi connectivity index (χ1) is 15.8. The Balaban J connectivity index is 1.36. The summed E-state index contributed by atoms with van der Waals surface area (Å²) < 4.78 is 32.5. The van der Waals surface area contributed by atoms with E-state index in [0.29, 0.717) is 30.4 Å². The van der Waals surface area contributed by atoms with Crippen LogP contribution in [0.4, 0.5) is 5.69 Å². The van der Waals surface area contributed by atoms with Crippen LogP contribution in [0.15, 0.2) is 58.8 Å². The minimum atomic E-state index is -3.51. The lowest BCUT2D eigenvalue weighted by Crippen LogP contribution is -2.39. The monoisotopic (exact) mass is 485 g/mol. The van der Waals surface area contributed by atoms with Crippen molar-refractivity contribution in [2.75, 3.05) is 25.5 Å². The summed E-state index contributed by atoms with van der Waals surface area (Å²) in [4.78, 5) is 17.3. The second-order valence-corrected chi connectivity index (χ2v) is 11.0. The van der Waals surface area contributed by atoms with Gasteiger partial charge in [-0.05, 0) is 67.3 Å². The quantitative estimate of drug-likeness (QED) is 0.535. The molecule has 2 aromatic carbocycles. The molecule has 9 heteroatoms. The normalized spacial score (nSPS) is 17.0. The molecule has 1 N–H and O–H groups in total. The van der Waals surface area contributed by atoms with Gasteiger partial charge in [-0.1, -0.05) is 6.92 Å². The number of aromatic nitrogens is 1. The Morgan fingerprint density at radius 2 is 1.91 bits per heavy atom. The summed E-state index contributed by atoms with van der Waals surface area (Å²) in [5, 5.41) is 5.53. The smallest absolute Gasteiger partial charge is 0.243 e. The molecule has 7 nitrogen and oxygen atoms in total. The molecule has 0 bridgehead atoms. The summed E-state index contributed by atoms with van der Waals surface area (Å²) >= 11 is 1.48. The largest absolute Gasteiger partial charge is 0.497 e. The maximum absolute atomic E-state index is 12.9. The van der Waals surface area contributed by atoms with Gasteiger partial charge in [0.05, 0.1) is 24.1 Å². The number of ether oxygens (including phenoxy) is 1. The second kappa shape index (κ2) is 10.0. The molecule has 1 aliphatic rings. The molecule has 3 aromatic rings. The summed E-state index contributed by atoms with van der Waals surface area (Å²) in [6.07, 6.45) is 2.07. The molecule has 4 rings (SSSR count). The molecule has 1 fully saturated rings. The highest BCUT2D eigenvalue weighted by Gasteiger charge is 2.28. The number of amides is 1. The predicted octanol–water partition coefficient (Wildman–Crippen LogP) is 4.42. The van der Waals surface area contributed by atoms with Crippen molar-refractivity contribution in [3.8, 4) is 16.3 Å². The number of carbonyl (C=O) groups is 1. The fourth-order valence-corrected chi connectivity index (χ4v) is 6.27. The molecular formula is C24H27N3O4S2. The standard InChI is InChI=1S/C24H27N3O4S2/c1-17-4-3-13-27(15-17)33(29,30)22-11-7-19(8-12-22)25-23(28)14-20-16-32-24(26-20)18-5-9-21(31-2)10-6-18/h5-12,16-17H,3-4,13-15H2,1-2H3,(H,25,28). The number of methoxy groups -OCH3 is 1. The van der Waals surface area contributed by atoms with Crippen molar-refractivity contribution >= 4 is 33.0 Å².